The van der Waals surface area contributed by atoms with E-state index in [1.807, 2.05) is 0 Å². The van der Waals surface area contributed by atoms with Crippen molar-refractivity contribution in [1.82, 2.24) is 0 Å². The fraction of sp³-hybridized carbons (Fsp3) is 0.125. The summed E-state index contributed by atoms with van der Waals surface area (Å²) in [7, 11) is 0. The Morgan fingerprint density at radius 1 is 0.556 bits per heavy atom. The summed E-state index contributed by atoms with van der Waals surface area (Å²) in [5.41, 5.74) is 0. The van der Waals surface area contributed by atoms with Crippen molar-refractivity contribution in [2.24, 2.45) is 9.98 Å². The first kappa shape index (κ1) is 9.77. The third-order valence-electron chi connectivity index (χ3n) is 3.52. The Morgan fingerprint density at radius 3 is 1.39 bits per heavy atom. The Kier molecular flexibility index (Phi) is 1.97. The van der Waals surface area contributed by atoms with E-state index in [4.69, 9.17) is 0 Å². The minimum atomic E-state index is 0.801. The number of hydrogen-bond donors (Lipinski definition) is 0. The summed E-state index contributed by atoms with van der Waals surface area (Å²) >= 11 is 0. The van der Waals surface area contributed by atoms with Crippen molar-refractivity contribution < 1.29 is 0 Å². The molecule has 0 bridgehead atoms. The normalized spacial score (nSPS) is 14.0. The maximum Gasteiger partial charge on any atom is 0.0912 e. The van der Waals surface area contributed by atoms with Crippen LogP contribution in [-0.2, 0) is 0 Å². The molecule has 0 saturated heterocycles. The maximum absolute atomic E-state index is 4.68. The highest BCUT2D eigenvalue weighted by Gasteiger charge is 2.08. The molecule has 1 aliphatic rings. The molecule has 2 nitrogen and oxygen atoms in total. The van der Waals surface area contributed by atoms with E-state index in [0.29, 0.717) is 0 Å². The molecular formula is C16H12N2. The highest BCUT2D eigenvalue weighted by Crippen LogP contribution is 2.20. The molecule has 0 radical (unpaired) electrons. The van der Waals surface area contributed by atoms with Crippen LogP contribution in [0.3, 0.4) is 0 Å². The van der Waals surface area contributed by atoms with Crippen LogP contribution in [-0.4, -0.2) is 13.1 Å². The van der Waals surface area contributed by atoms with E-state index < -0.39 is 0 Å². The van der Waals surface area contributed by atoms with Gasteiger partial charge in [0.1, 0.15) is 0 Å². The lowest BCUT2D eigenvalue weighted by Crippen LogP contribution is -2.31. The highest BCUT2D eigenvalue weighted by atomic mass is 14.8. The lowest BCUT2D eigenvalue weighted by Gasteiger charge is -2.08. The molecule has 4 rings (SSSR count). The molecule has 3 aromatic carbocycles. The smallest absolute Gasteiger partial charge is 0.0912 e. The first-order valence-corrected chi connectivity index (χ1v) is 6.23. The number of nitrogens with zero attached hydrogens (tertiary/aromatic N) is 2. The molecule has 0 aliphatic carbocycles. The first-order chi connectivity index (χ1) is 8.95. The third-order valence-corrected chi connectivity index (χ3v) is 3.52. The molecule has 3 aromatic rings. The molecule has 0 saturated carbocycles. The van der Waals surface area contributed by atoms with Crippen molar-refractivity contribution in [1.29, 1.82) is 0 Å². The second-order valence-electron chi connectivity index (χ2n) is 4.55. The van der Waals surface area contributed by atoms with E-state index in [1.165, 1.54) is 21.5 Å². The van der Waals surface area contributed by atoms with Gasteiger partial charge in [0.05, 0.1) is 23.8 Å². The van der Waals surface area contributed by atoms with Crippen LogP contribution >= 0.6 is 0 Å². The zero-order chi connectivity index (χ0) is 11.9. The Labute approximate surface area is 104 Å². The molecule has 0 spiro atoms. The predicted molar refractivity (Wildman–Crippen MR) is 73.5 cm³/mol. The van der Waals surface area contributed by atoms with Crippen LogP contribution in [0.1, 0.15) is 0 Å². The molecule has 0 N–H and O–H groups in total. The molecule has 0 fully saturated rings. The van der Waals surface area contributed by atoms with Crippen molar-refractivity contribution in [2.75, 3.05) is 13.1 Å². The molecule has 0 atom stereocenters. The number of hydrogen-bond acceptors (Lipinski definition) is 2. The van der Waals surface area contributed by atoms with Crippen LogP contribution in [0.2, 0.25) is 0 Å². The SMILES string of the molecule is c1ccc2c(c1)c1c(c3ccccc32)=NCCN=1. The monoisotopic (exact) mass is 232 g/mol. The zero-order valence-corrected chi connectivity index (χ0v) is 9.93. The zero-order valence-electron chi connectivity index (χ0n) is 9.93. The fourth-order valence-corrected chi connectivity index (χ4v) is 2.75. The Hall–Kier alpha value is -2.22. The van der Waals surface area contributed by atoms with Crippen molar-refractivity contribution in [3.63, 3.8) is 0 Å². The van der Waals surface area contributed by atoms with E-state index in [-0.39, 0.29) is 0 Å². The minimum absolute atomic E-state index is 0.801. The molecule has 0 amide bonds. The van der Waals surface area contributed by atoms with E-state index in [2.05, 4.69) is 58.5 Å². The van der Waals surface area contributed by atoms with E-state index in [0.717, 1.165) is 23.8 Å². The van der Waals surface area contributed by atoms with Gasteiger partial charge in [-0.1, -0.05) is 48.5 Å². The van der Waals surface area contributed by atoms with Crippen LogP contribution < -0.4 is 10.7 Å². The molecule has 86 valence electrons. The van der Waals surface area contributed by atoms with Gasteiger partial charge in [-0.3, -0.25) is 9.98 Å². The lowest BCUT2D eigenvalue weighted by molar-refractivity contribution is 0.876. The highest BCUT2D eigenvalue weighted by molar-refractivity contribution is 6.06. The second-order valence-corrected chi connectivity index (χ2v) is 4.55. The number of benzene rings is 3. The largest absolute Gasteiger partial charge is 0.280 e. The Morgan fingerprint density at radius 2 is 0.944 bits per heavy atom. The Balaban J connectivity index is 2.46. The molecule has 18 heavy (non-hydrogen) atoms. The van der Waals surface area contributed by atoms with Gasteiger partial charge in [-0.05, 0) is 10.8 Å². The third kappa shape index (κ3) is 1.23. The summed E-state index contributed by atoms with van der Waals surface area (Å²) in [6, 6.07) is 16.9. The topological polar surface area (TPSA) is 24.7 Å². The molecule has 1 heterocycles. The van der Waals surface area contributed by atoms with Gasteiger partial charge in [0.2, 0.25) is 0 Å². The molecular weight excluding hydrogens is 220 g/mol. The van der Waals surface area contributed by atoms with E-state index in [1.54, 1.807) is 0 Å². The summed E-state index contributed by atoms with van der Waals surface area (Å²) in [5.74, 6) is 0. The molecule has 0 unspecified atom stereocenters. The van der Waals surface area contributed by atoms with Crippen LogP contribution in [0, 0.1) is 0 Å². The summed E-state index contributed by atoms with van der Waals surface area (Å²) < 4.78 is 0. The number of fused-ring (bicyclic) bond motifs is 6. The predicted octanol–water partition coefficient (Wildman–Crippen LogP) is 2.25. The van der Waals surface area contributed by atoms with Gasteiger partial charge in [-0.25, -0.2) is 0 Å². The minimum Gasteiger partial charge on any atom is -0.280 e. The van der Waals surface area contributed by atoms with Gasteiger partial charge in [0, 0.05) is 10.8 Å². The summed E-state index contributed by atoms with van der Waals surface area (Å²) in [4.78, 5) is 9.36. The standard InChI is InChI=1S/C16H12N2/c1-3-7-13-11(5-1)12-6-2-4-8-14(12)16-15(13)17-9-10-18-16/h1-8H,9-10H2. The van der Waals surface area contributed by atoms with Crippen LogP contribution in [0.4, 0.5) is 0 Å². The summed E-state index contributed by atoms with van der Waals surface area (Å²) in [6.07, 6.45) is 0. The van der Waals surface area contributed by atoms with Gasteiger partial charge in [0.25, 0.3) is 0 Å². The molecule has 1 aliphatic heterocycles. The van der Waals surface area contributed by atoms with Gasteiger partial charge in [-0.2, -0.15) is 0 Å². The average Bonchev–Trinajstić information content (AvgIpc) is 2.48. The van der Waals surface area contributed by atoms with Crippen LogP contribution in [0.5, 0.6) is 0 Å². The quantitative estimate of drug-likeness (QED) is 0.531. The van der Waals surface area contributed by atoms with Gasteiger partial charge in [0.15, 0.2) is 0 Å². The van der Waals surface area contributed by atoms with Gasteiger partial charge < -0.3 is 0 Å². The summed E-state index contributed by atoms with van der Waals surface area (Å²) in [5, 5.41) is 7.11. The van der Waals surface area contributed by atoms with Gasteiger partial charge in [-0.15, -0.1) is 0 Å². The Bertz CT molecular complexity index is 804. The second kappa shape index (κ2) is 3.64. The van der Waals surface area contributed by atoms with E-state index >= 15 is 0 Å². The van der Waals surface area contributed by atoms with Gasteiger partial charge >= 0.3 is 0 Å². The van der Waals surface area contributed by atoms with Crippen molar-refractivity contribution in [3.8, 4) is 0 Å². The molecule has 0 aromatic heterocycles. The van der Waals surface area contributed by atoms with Crippen molar-refractivity contribution in [3.05, 3.63) is 59.2 Å². The van der Waals surface area contributed by atoms with E-state index in [9.17, 15) is 0 Å². The van der Waals surface area contributed by atoms with Crippen molar-refractivity contribution in [2.45, 2.75) is 0 Å². The van der Waals surface area contributed by atoms with Crippen LogP contribution in [0.15, 0.2) is 58.5 Å². The maximum atomic E-state index is 4.68. The number of rotatable bonds is 0. The lowest BCUT2D eigenvalue weighted by atomic mass is 10.0. The fourth-order valence-electron chi connectivity index (χ4n) is 2.75. The first-order valence-electron chi connectivity index (χ1n) is 6.23. The summed E-state index contributed by atoms with van der Waals surface area (Å²) in [6.45, 7) is 1.60. The van der Waals surface area contributed by atoms with Crippen molar-refractivity contribution >= 4 is 21.5 Å². The molecule has 2 heteroatoms. The van der Waals surface area contributed by atoms with Crippen LogP contribution in [0.25, 0.3) is 21.5 Å². The average molecular weight is 232 g/mol.